The van der Waals surface area contributed by atoms with Crippen LogP contribution in [0.2, 0.25) is 0 Å². The molecular weight excluding hydrogens is 378 g/mol. The number of carboxylic acid groups (broad SMARTS) is 1. The highest BCUT2D eigenvalue weighted by Gasteiger charge is 2.22. The van der Waals surface area contributed by atoms with E-state index in [0.717, 1.165) is 5.75 Å². The minimum Gasteiger partial charge on any atom is -0.481 e. The van der Waals surface area contributed by atoms with Crippen molar-refractivity contribution in [2.75, 3.05) is 5.32 Å². The average Bonchev–Trinajstić information content (AvgIpc) is 2.75. The maximum Gasteiger partial charge on any atom is 0.303 e. The summed E-state index contributed by atoms with van der Waals surface area (Å²) >= 11 is 0. The van der Waals surface area contributed by atoms with E-state index < -0.39 is 5.97 Å². The summed E-state index contributed by atoms with van der Waals surface area (Å²) in [5.74, 6) is 0.0456. The molecule has 0 heterocycles. The van der Waals surface area contributed by atoms with Gasteiger partial charge in [0.2, 0.25) is 5.91 Å². The van der Waals surface area contributed by atoms with Gasteiger partial charge in [0.15, 0.2) is 0 Å². The van der Waals surface area contributed by atoms with E-state index in [9.17, 15) is 9.59 Å². The van der Waals surface area contributed by atoms with Crippen molar-refractivity contribution in [3.8, 4) is 11.5 Å². The van der Waals surface area contributed by atoms with E-state index in [0.29, 0.717) is 11.4 Å². The highest BCUT2D eigenvalue weighted by atomic mass is 16.5. The number of amides is 1. The number of carbonyl (C=O) groups excluding carboxylic acids is 1. The number of hydrogen-bond donors (Lipinski definition) is 2. The second kappa shape index (κ2) is 9.27. The SMILES string of the molecule is CC(C)(c1ccccc1)c1ccc(Oc2ccc(NC(=O)CCC(=O)O)cc2)cc1. The molecule has 0 radical (unpaired) electrons. The smallest absolute Gasteiger partial charge is 0.303 e. The highest BCUT2D eigenvalue weighted by Crippen LogP contribution is 2.33. The predicted octanol–water partition coefficient (Wildman–Crippen LogP) is 5.61. The molecule has 0 saturated heterocycles. The number of ether oxygens (including phenoxy) is 1. The molecule has 2 N–H and O–H groups in total. The Bertz CT molecular complexity index is 994. The normalized spacial score (nSPS) is 11.0. The first kappa shape index (κ1) is 21.1. The van der Waals surface area contributed by atoms with Crippen LogP contribution in [0.15, 0.2) is 78.9 Å². The van der Waals surface area contributed by atoms with Gasteiger partial charge in [-0.15, -0.1) is 0 Å². The van der Waals surface area contributed by atoms with E-state index in [1.807, 2.05) is 30.3 Å². The van der Waals surface area contributed by atoms with Crippen LogP contribution in [0, 0.1) is 0 Å². The van der Waals surface area contributed by atoms with Gasteiger partial charge in [-0.2, -0.15) is 0 Å². The third kappa shape index (κ3) is 5.47. The number of aliphatic carboxylic acids is 1. The Hall–Kier alpha value is -3.60. The first-order chi connectivity index (χ1) is 14.3. The summed E-state index contributed by atoms with van der Waals surface area (Å²) in [7, 11) is 0. The lowest BCUT2D eigenvalue weighted by Crippen LogP contribution is -2.18. The van der Waals surface area contributed by atoms with Gasteiger partial charge in [-0.1, -0.05) is 56.3 Å². The number of hydrogen-bond acceptors (Lipinski definition) is 3. The molecule has 3 rings (SSSR count). The fraction of sp³-hybridized carbons (Fsp3) is 0.200. The van der Waals surface area contributed by atoms with Crippen LogP contribution < -0.4 is 10.1 Å². The summed E-state index contributed by atoms with van der Waals surface area (Å²) in [5.41, 5.74) is 2.93. The molecular formula is C25H25NO4. The third-order valence-electron chi connectivity index (χ3n) is 5.01. The number of benzene rings is 3. The standard InChI is InChI=1S/C25H25NO4/c1-25(2,18-6-4-3-5-7-18)19-8-12-21(13-9-19)30-22-14-10-20(11-15-22)26-23(27)16-17-24(28)29/h3-15H,16-17H2,1-2H3,(H,26,27)(H,28,29). The maximum absolute atomic E-state index is 11.7. The minimum atomic E-state index is -0.993. The second-order valence-corrected chi connectivity index (χ2v) is 7.58. The molecule has 0 atom stereocenters. The van der Waals surface area contributed by atoms with Gasteiger partial charge in [-0.05, 0) is 47.5 Å². The van der Waals surface area contributed by atoms with E-state index in [1.165, 1.54) is 11.1 Å². The number of carboxylic acids is 1. The van der Waals surface area contributed by atoms with Crippen molar-refractivity contribution in [3.05, 3.63) is 90.0 Å². The van der Waals surface area contributed by atoms with E-state index in [1.54, 1.807) is 24.3 Å². The van der Waals surface area contributed by atoms with E-state index in [4.69, 9.17) is 9.84 Å². The Balaban J connectivity index is 1.62. The van der Waals surface area contributed by atoms with Gasteiger partial charge in [0.25, 0.3) is 0 Å². The van der Waals surface area contributed by atoms with E-state index >= 15 is 0 Å². The molecule has 5 heteroatoms. The van der Waals surface area contributed by atoms with Gasteiger partial charge in [0.05, 0.1) is 6.42 Å². The Labute approximate surface area is 176 Å². The molecule has 0 aliphatic heterocycles. The first-order valence-corrected chi connectivity index (χ1v) is 9.80. The number of nitrogens with one attached hydrogen (secondary N) is 1. The Morgan fingerprint density at radius 2 is 1.33 bits per heavy atom. The molecule has 0 aliphatic rings. The van der Waals surface area contributed by atoms with Gasteiger partial charge in [-0.3, -0.25) is 9.59 Å². The average molecular weight is 403 g/mol. The third-order valence-corrected chi connectivity index (χ3v) is 5.01. The predicted molar refractivity (Wildman–Crippen MR) is 117 cm³/mol. The van der Waals surface area contributed by atoms with Crippen LogP contribution in [0.1, 0.15) is 37.8 Å². The van der Waals surface area contributed by atoms with Crippen molar-refractivity contribution in [1.82, 2.24) is 0 Å². The van der Waals surface area contributed by atoms with Gasteiger partial charge in [0, 0.05) is 17.5 Å². The molecule has 0 spiro atoms. The molecule has 0 aliphatic carbocycles. The molecule has 1 amide bonds. The molecule has 3 aromatic rings. The lowest BCUT2D eigenvalue weighted by atomic mass is 9.78. The largest absolute Gasteiger partial charge is 0.481 e. The lowest BCUT2D eigenvalue weighted by Gasteiger charge is -2.26. The fourth-order valence-electron chi connectivity index (χ4n) is 3.15. The van der Waals surface area contributed by atoms with Crippen LogP contribution in [-0.4, -0.2) is 17.0 Å². The topological polar surface area (TPSA) is 75.6 Å². The van der Waals surface area contributed by atoms with Crippen LogP contribution in [0.25, 0.3) is 0 Å². The van der Waals surface area contributed by atoms with Crippen LogP contribution in [0.5, 0.6) is 11.5 Å². The molecule has 5 nitrogen and oxygen atoms in total. The van der Waals surface area contributed by atoms with E-state index in [-0.39, 0.29) is 24.2 Å². The molecule has 0 unspecified atom stereocenters. The van der Waals surface area contributed by atoms with Crippen LogP contribution in [0.3, 0.4) is 0 Å². The summed E-state index contributed by atoms with van der Waals surface area (Å²) in [6, 6.07) is 25.4. The van der Waals surface area contributed by atoms with Crippen LogP contribution in [0.4, 0.5) is 5.69 Å². The van der Waals surface area contributed by atoms with Crippen LogP contribution in [-0.2, 0) is 15.0 Å². The van der Waals surface area contributed by atoms with Crippen molar-refractivity contribution in [2.45, 2.75) is 32.1 Å². The number of rotatable bonds is 8. The van der Waals surface area contributed by atoms with Crippen LogP contribution >= 0.6 is 0 Å². The fourth-order valence-corrected chi connectivity index (χ4v) is 3.15. The van der Waals surface area contributed by atoms with Gasteiger partial charge in [-0.25, -0.2) is 0 Å². The summed E-state index contributed by atoms with van der Waals surface area (Å²) < 4.78 is 5.90. The summed E-state index contributed by atoms with van der Waals surface area (Å²) in [4.78, 5) is 22.2. The van der Waals surface area contributed by atoms with Gasteiger partial charge < -0.3 is 15.2 Å². The second-order valence-electron chi connectivity index (χ2n) is 7.58. The van der Waals surface area contributed by atoms with Gasteiger partial charge >= 0.3 is 5.97 Å². The molecule has 0 fully saturated rings. The van der Waals surface area contributed by atoms with E-state index in [2.05, 4.69) is 43.4 Å². The highest BCUT2D eigenvalue weighted by molar-refractivity contribution is 5.92. The maximum atomic E-state index is 11.7. The van der Waals surface area contributed by atoms with Gasteiger partial charge in [0.1, 0.15) is 11.5 Å². The first-order valence-electron chi connectivity index (χ1n) is 9.80. The zero-order valence-corrected chi connectivity index (χ0v) is 17.1. The zero-order chi connectivity index (χ0) is 21.6. The summed E-state index contributed by atoms with van der Waals surface area (Å²) in [5, 5.41) is 11.3. The Kier molecular flexibility index (Phi) is 6.52. The Morgan fingerprint density at radius 1 is 0.800 bits per heavy atom. The lowest BCUT2D eigenvalue weighted by molar-refractivity contribution is -0.138. The molecule has 30 heavy (non-hydrogen) atoms. The molecule has 3 aromatic carbocycles. The summed E-state index contributed by atoms with van der Waals surface area (Å²) in [6.45, 7) is 4.39. The minimum absolute atomic E-state index is 0.0563. The zero-order valence-electron chi connectivity index (χ0n) is 17.1. The number of carbonyl (C=O) groups is 2. The van der Waals surface area contributed by atoms with Crippen molar-refractivity contribution in [3.63, 3.8) is 0 Å². The monoisotopic (exact) mass is 403 g/mol. The van der Waals surface area contributed by atoms with Crippen molar-refractivity contribution >= 4 is 17.6 Å². The summed E-state index contributed by atoms with van der Waals surface area (Å²) in [6.07, 6.45) is -0.247. The van der Waals surface area contributed by atoms with Crippen molar-refractivity contribution in [2.24, 2.45) is 0 Å². The van der Waals surface area contributed by atoms with Crippen molar-refractivity contribution in [1.29, 1.82) is 0 Å². The molecule has 0 saturated carbocycles. The van der Waals surface area contributed by atoms with Crippen molar-refractivity contribution < 1.29 is 19.4 Å². The molecule has 0 bridgehead atoms. The number of anilines is 1. The molecule has 0 aromatic heterocycles. The molecule has 154 valence electrons. The quantitative estimate of drug-likeness (QED) is 0.513. The Morgan fingerprint density at radius 3 is 1.90 bits per heavy atom.